The number of rotatable bonds is 4. The quantitative estimate of drug-likeness (QED) is 0.866. The highest BCUT2D eigenvalue weighted by molar-refractivity contribution is 5.97. The van der Waals surface area contributed by atoms with Gasteiger partial charge in [0.05, 0.1) is 0 Å². The maximum atomic E-state index is 12.9. The van der Waals surface area contributed by atoms with E-state index in [-0.39, 0.29) is 35.9 Å². The van der Waals surface area contributed by atoms with Crippen LogP contribution in [0.5, 0.6) is 0 Å². The first-order valence-corrected chi connectivity index (χ1v) is 8.63. The Bertz CT molecular complexity index is 394. The predicted octanol–water partition coefficient (Wildman–Crippen LogP) is 2.72. The number of carbonyl (C=O) groups is 2. The molecular formula is C17H30N2O2. The Labute approximate surface area is 128 Å². The topological polar surface area (TPSA) is 49.4 Å². The van der Waals surface area contributed by atoms with E-state index >= 15 is 0 Å². The van der Waals surface area contributed by atoms with E-state index in [2.05, 4.69) is 12.2 Å². The molecule has 4 unspecified atom stereocenters. The van der Waals surface area contributed by atoms with Gasteiger partial charge in [-0.05, 0) is 31.1 Å². The van der Waals surface area contributed by atoms with Crippen LogP contribution in [-0.2, 0) is 9.59 Å². The second-order valence-electron chi connectivity index (χ2n) is 6.92. The molecule has 2 amide bonds. The van der Waals surface area contributed by atoms with Crippen LogP contribution in [0, 0.1) is 11.8 Å². The molecule has 4 atom stereocenters. The van der Waals surface area contributed by atoms with Crippen LogP contribution >= 0.6 is 0 Å². The minimum absolute atomic E-state index is 0.0388. The Morgan fingerprint density at radius 2 is 1.81 bits per heavy atom. The van der Waals surface area contributed by atoms with Crippen molar-refractivity contribution in [3.05, 3.63) is 0 Å². The van der Waals surface area contributed by atoms with Gasteiger partial charge in [0.2, 0.25) is 11.8 Å². The molecule has 0 aromatic rings. The van der Waals surface area contributed by atoms with Crippen LogP contribution in [0.3, 0.4) is 0 Å². The van der Waals surface area contributed by atoms with Gasteiger partial charge in [-0.3, -0.25) is 9.59 Å². The normalized spacial score (nSPS) is 34.2. The number of amides is 2. The van der Waals surface area contributed by atoms with E-state index in [0.717, 1.165) is 12.8 Å². The molecule has 1 heterocycles. The summed E-state index contributed by atoms with van der Waals surface area (Å²) in [6, 6.07) is -0.367. The maximum absolute atomic E-state index is 12.9. The fourth-order valence-electron chi connectivity index (χ4n) is 4.06. The van der Waals surface area contributed by atoms with E-state index in [1.54, 1.807) is 0 Å². The number of nitrogens with one attached hydrogen (secondary N) is 1. The molecule has 120 valence electrons. The third-order valence-electron chi connectivity index (χ3n) is 5.23. The van der Waals surface area contributed by atoms with Crippen molar-refractivity contribution in [2.45, 2.75) is 84.3 Å². The highest BCUT2D eigenvalue weighted by Gasteiger charge is 2.46. The Balaban J connectivity index is 2.32. The summed E-state index contributed by atoms with van der Waals surface area (Å²) in [4.78, 5) is 27.4. The van der Waals surface area contributed by atoms with Crippen LogP contribution in [0.2, 0.25) is 0 Å². The van der Waals surface area contributed by atoms with Crippen LogP contribution in [0.25, 0.3) is 0 Å². The standard InChI is InChI=1S/C17H30N2O2/c1-5-12-9-7-8-10-14(12)19-15(11(3)4)16(20)18-13(6-2)17(19)21/h11-15H,5-10H2,1-4H3,(H,18,20). The molecule has 2 rings (SSSR count). The lowest BCUT2D eigenvalue weighted by atomic mass is 9.79. The van der Waals surface area contributed by atoms with Gasteiger partial charge in [0.15, 0.2) is 0 Å². The molecule has 1 aliphatic heterocycles. The van der Waals surface area contributed by atoms with Crippen molar-refractivity contribution in [1.29, 1.82) is 0 Å². The Hall–Kier alpha value is -1.06. The lowest BCUT2D eigenvalue weighted by Gasteiger charge is -2.48. The van der Waals surface area contributed by atoms with Crippen molar-refractivity contribution in [2.24, 2.45) is 11.8 Å². The first-order chi connectivity index (χ1) is 10.0. The molecule has 0 radical (unpaired) electrons. The van der Waals surface area contributed by atoms with Crippen molar-refractivity contribution >= 4 is 11.8 Å². The third-order valence-corrected chi connectivity index (χ3v) is 5.23. The van der Waals surface area contributed by atoms with Gasteiger partial charge in [-0.15, -0.1) is 0 Å². The van der Waals surface area contributed by atoms with Crippen LogP contribution < -0.4 is 5.32 Å². The van der Waals surface area contributed by atoms with Gasteiger partial charge in [0.1, 0.15) is 12.1 Å². The summed E-state index contributed by atoms with van der Waals surface area (Å²) in [5.41, 5.74) is 0. The summed E-state index contributed by atoms with van der Waals surface area (Å²) in [6.45, 7) is 8.26. The Morgan fingerprint density at radius 3 is 2.38 bits per heavy atom. The highest BCUT2D eigenvalue weighted by atomic mass is 16.2. The molecule has 1 saturated heterocycles. The van der Waals surface area contributed by atoms with E-state index < -0.39 is 0 Å². The monoisotopic (exact) mass is 294 g/mol. The second-order valence-corrected chi connectivity index (χ2v) is 6.92. The molecule has 0 aromatic carbocycles. The van der Waals surface area contributed by atoms with Gasteiger partial charge in [0.25, 0.3) is 0 Å². The Morgan fingerprint density at radius 1 is 1.14 bits per heavy atom. The van der Waals surface area contributed by atoms with Gasteiger partial charge in [0, 0.05) is 6.04 Å². The molecule has 2 fully saturated rings. The largest absolute Gasteiger partial charge is 0.343 e. The number of piperazine rings is 1. The van der Waals surface area contributed by atoms with E-state index in [1.165, 1.54) is 19.3 Å². The average Bonchev–Trinajstić information content (AvgIpc) is 2.48. The van der Waals surface area contributed by atoms with Crippen molar-refractivity contribution in [1.82, 2.24) is 10.2 Å². The molecule has 0 aromatic heterocycles. The number of hydrogen-bond donors (Lipinski definition) is 1. The lowest BCUT2D eigenvalue weighted by molar-refractivity contribution is -0.156. The molecule has 0 spiro atoms. The van der Waals surface area contributed by atoms with E-state index in [4.69, 9.17) is 0 Å². The van der Waals surface area contributed by atoms with Gasteiger partial charge < -0.3 is 10.2 Å². The van der Waals surface area contributed by atoms with Gasteiger partial charge >= 0.3 is 0 Å². The van der Waals surface area contributed by atoms with Crippen molar-refractivity contribution in [2.75, 3.05) is 0 Å². The SMILES string of the molecule is CCC1NC(=O)C(C(C)C)N(C2CCCCC2CC)C1=O. The molecule has 0 bridgehead atoms. The van der Waals surface area contributed by atoms with Crippen LogP contribution in [0.1, 0.15) is 66.2 Å². The van der Waals surface area contributed by atoms with Crippen LogP contribution in [-0.4, -0.2) is 34.8 Å². The fourth-order valence-corrected chi connectivity index (χ4v) is 4.06. The molecule has 1 N–H and O–H groups in total. The minimum Gasteiger partial charge on any atom is -0.343 e. The third kappa shape index (κ3) is 3.09. The molecule has 1 saturated carbocycles. The van der Waals surface area contributed by atoms with Crippen molar-refractivity contribution in [3.63, 3.8) is 0 Å². The lowest BCUT2D eigenvalue weighted by Crippen LogP contribution is -2.68. The van der Waals surface area contributed by atoms with Gasteiger partial charge in [-0.1, -0.05) is 47.0 Å². The molecule has 21 heavy (non-hydrogen) atoms. The summed E-state index contributed by atoms with van der Waals surface area (Å²) in [5, 5.41) is 2.92. The molecular weight excluding hydrogens is 264 g/mol. The first kappa shape index (κ1) is 16.3. The highest BCUT2D eigenvalue weighted by Crippen LogP contribution is 2.34. The van der Waals surface area contributed by atoms with Gasteiger partial charge in [-0.2, -0.15) is 0 Å². The summed E-state index contributed by atoms with van der Waals surface area (Å²) in [7, 11) is 0. The average molecular weight is 294 g/mol. The number of carbonyl (C=O) groups excluding carboxylic acids is 2. The van der Waals surface area contributed by atoms with Crippen LogP contribution in [0.15, 0.2) is 0 Å². The predicted molar refractivity (Wildman–Crippen MR) is 83.7 cm³/mol. The van der Waals surface area contributed by atoms with E-state index in [0.29, 0.717) is 12.3 Å². The second kappa shape index (κ2) is 6.80. The molecule has 2 aliphatic rings. The molecule has 1 aliphatic carbocycles. The van der Waals surface area contributed by atoms with Gasteiger partial charge in [-0.25, -0.2) is 0 Å². The number of hydrogen-bond acceptors (Lipinski definition) is 2. The van der Waals surface area contributed by atoms with E-state index in [9.17, 15) is 9.59 Å². The smallest absolute Gasteiger partial charge is 0.246 e. The number of nitrogens with zero attached hydrogens (tertiary/aromatic N) is 1. The van der Waals surface area contributed by atoms with Crippen molar-refractivity contribution < 1.29 is 9.59 Å². The summed E-state index contributed by atoms with van der Waals surface area (Å²) >= 11 is 0. The zero-order valence-electron chi connectivity index (χ0n) is 13.9. The summed E-state index contributed by atoms with van der Waals surface area (Å²) in [5.74, 6) is 0.886. The maximum Gasteiger partial charge on any atom is 0.246 e. The van der Waals surface area contributed by atoms with Crippen LogP contribution in [0.4, 0.5) is 0 Å². The summed E-state index contributed by atoms with van der Waals surface area (Å²) in [6.07, 6.45) is 6.44. The Kier molecular flexibility index (Phi) is 5.28. The zero-order chi connectivity index (χ0) is 15.6. The van der Waals surface area contributed by atoms with Crippen molar-refractivity contribution in [3.8, 4) is 0 Å². The summed E-state index contributed by atoms with van der Waals surface area (Å²) < 4.78 is 0. The first-order valence-electron chi connectivity index (χ1n) is 8.63. The molecule has 4 nitrogen and oxygen atoms in total. The fraction of sp³-hybridized carbons (Fsp3) is 0.882. The minimum atomic E-state index is -0.327. The zero-order valence-corrected chi connectivity index (χ0v) is 13.9. The van der Waals surface area contributed by atoms with E-state index in [1.807, 2.05) is 25.7 Å². The molecule has 4 heteroatoms.